The van der Waals surface area contributed by atoms with Crippen LogP contribution in [0.4, 0.5) is 14.6 Å². The van der Waals surface area contributed by atoms with Crippen molar-refractivity contribution >= 4 is 27.5 Å². The molecule has 5 atom stereocenters. The van der Waals surface area contributed by atoms with Gasteiger partial charge in [-0.25, -0.2) is 13.8 Å². The number of aromatic nitrogens is 3. The average molecular weight is 744 g/mol. The van der Waals surface area contributed by atoms with Gasteiger partial charge in [-0.2, -0.15) is 9.97 Å². The zero-order chi connectivity index (χ0) is 37.8. The third-order valence-corrected chi connectivity index (χ3v) is 11.9. The molecule has 5 heterocycles. The molecule has 2 aromatic carbocycles. The van der Waals surface area contributed by atoms with Crippen molar-refractivity contribution in [2.45, 2.75) is 82.6 Å². The topological polar surface area (TPSA) is 123 Å². The number of nitrogens with zero attached hydrogens (tertiary/aromatic N) is 5. The van der Waals surface area contributed by atoms with Crippen LogP contribution in [0.15, 0.2) is 24.3 Å². The number of pyridine rings is 1. The predicted octanol–water partition coefficient (Wildman–Crippen LogP) is 5.99. The molecule has 13 heteroatoms. The van der Waals surface area contributed by atoms with Gasteiger partial charge in [0.25, 0.3) is 0 Å². The Balaban J connectivity index is 1.26. The lowest BCUT2D eigenvalue weighted by atomic mass is 9.74. The first-order valence-corrected chi connectivity index (χ1v) is 18.9. The number of halogens is 2. The summed E-state index contributed by atoms with van der Waals surface area (Å²) in [5.74, 6) is 0.937. The maximum absolute atomic E-state index is 17.3. The van der Waals surface area contributed by atoms with Crippen LogP contribution in [0.25, 0.3) is 32.9 Å². The van der Waals surface area contributed by atoms with Gasteiger partial charge in [-0.15, -0.1) is 6.42 Å². The SMILES string of the molecule is C#Cc1c(F)ccc2cc(O)cc(-c3nc(OC)c4c(N5CCOC[C@@](C)(O)C5)nc(OC[C@]56CCC[C@H]5N(C5CCO[C@@H](C)C5)CCC6)nc4c3F)c12. The maximum atomic E-state index is 17.3. The minimum absolute atomic E-state index is 0.00836. The van der Waals surface area contributed by atoms with Gasteiger partial charge >= 0.3 is 6.01 Å². The molecule has 286 valence electrons. The van der Waals surface area contributed by atoms with E-state index in [-0.39, 0.29) is 87.8 Å². The van der Waals surface area contributed by atoms with E-state index >= 15 is 8.78 Å². The van der Waals surface area contributed by atoms with Crippen LogP contribution in [0.3, 0.4) is 0 Å². The number of piperidine rings is 1. The summed E-state index contributed by atoms with van der Waals surface area (Å²) in [5.41, 5.74) is -1.77. The van der Waals surface area contributed by atoms with Crippen molar-refractivity contribution in [2.24, 2.45) is 5.41 Å². The number of likely N-dealkylation sites (tertiary alicyclic amines) is 1. The van der Waals surface area contributed by atoms with Gasteiger partial charge in [-0.1, -0.05) is 18.4 Å². The average Bonchev–Trinajstić information content (AvgIpc) is 3.50. The van der Waals surface area contributed by atoms with Gasteiger partial charge < -0.3 is 34.1 Å². The first kappa shape index (κ1) is 36.6. The molecule has 3 saturated heterocycles. The van der Waals surface area contributed by atoms with Crippen molar-refractivity contribution < 1.29 is 37.9 Å². The Bertz CT molecular complexity index is 2130. The van der Waals surface area contributed by atoms with Crippen molar-refractivity contribution in [2.75, 3.05) is 58.1 Å². The molecule has 0 spiro atoms. The predicted molar refractivity (Wildman–Crippen MR) is 200 cm³/mol. The molecular weight excluding hydrogens is 696 g/mol. The van der Waals surface area contributed by atoms with Gasteiger partial charge in [-0.3, -0.25) is 4.90 Å². The third kappa shape index (κ3) is 6.57. The Morgan fingerprint density at radius 2 is 1.91 bits per heavy atom. The molecule has 0 radical (unpaired) electrons. The van der Waals surface area contributed by atoms with Crippen LogP contribution >= 0.6 is 0 Å². The van der Waals surface area contributed by atoms with Crippen LogP contribution in [0.2, 0.25) is 0 Å². The highest BCUT2D eigenvalue weighted by Crippen LogP contribution is 2.50. The second kappa shape index (κ2) is 14.4. The van der Waals surface area contributed by atoms with Crippen LogP contribution in [0, 0.1) is 29.4 Å². The lowest BCUT2D eigenvalue weighted by Crippen LogP contribution is -2.57. The molecule has 54 heavy (non-hydrogen) atoms. The van der Waals surface area contributed by atoms with Gasteiger partial charge in [-0.05, 0) is 82.5 Å². The molecule has 1 unspecified atom stereocenters. The molecule has 4 aromatic rings. The highest BCUT2D eigenvalue weighted by Gasteiger charge is 2.50. The molecule has 1 saturated carbocycles. The van der Waals surface area contributed by atoms with E-state index in [9.17, 15) is 10.2 Å². The Hall–Kier alpha value is -4.35. The molecule has 8 rings (SSSR count). The first-order valence-electron chi connectivity index (χ1n) is 18.9. The number of benzene rings is 2. The van der Waals surface area contributed by atoms with Crippen molar-refractivity contribution in [3.8, 4) is 41.2 Å². The number of phenolic OH excluding ortho intramolecular Hbond substituents is 1. The normalized spacial score (nSPS) is 27.8. The van der Waals surface area contributed by atoms with E-state index in [4.69, 9.17) is 35.3 Å². The summed E-state index contributed by atoms with van der Waals surface area (Å²) in [6.07, 6.45) is 13.3. The summed E-state index contributed by atoms with van der Waals surface area (Å²) >= 11 is 0. The van der Waals surface area contributed by atoms with Crippen LogP contribution in [0.1, 0.15) is 64.4 Å². The summed E-state index contributed by atoms with van der Waals surface area (Å²) in [5, 5.41) is 22.7. The molecular formula is C41H47F2N5O6. The Labute approximate surface area is 313 Å². The number of hydrogen-bond donors (Lipinski definition) is 2. The van der Waals surface area contributed by atoms with Gasteiger partial charge in [0.05, 0.1) is 45.1 Å². The largest absolute Gasteiger partial charge is 0.508 e. The number of β-amino-alcohol motifs (C(OH)–C–C–N with tert-alkyl or cyclic N) is 1. The number of rotatable bonds is 7. The Kier molecular flexibility index (Phi) is 9.75. The second-order valence-corrected chi connectivity index (χ2v) is 15.7. The first-order chi connectivity index (χ1) is 26.0. The molecule has 0 bridgehead atoms. The molecule has 3 aliphatic heterocycles. The van der Waals surface area contributed by atoms with Crippen molar-refractivity contribution in [1.29, 1.82) is 0 Å². The monoisotopic (exact) mass is 743 g/mol. The molecule has 4 fully saturated rings. The van der Waals surface area contributed by atoms with E-state index in [1.54, 1.807) is 6.92 Å². The number of methoxy groups -OCH3 is 1. The van der Waals surface area contributed by atoms with E-state index in [0.29, 0.717) is 30.6 Å². The van der Waals surface area contributed by atoms with Gasteiger partial charge in [0.15, 0.2) is 5.82 Å². The number of aliphatic hydroxyl groups is 1. The number of terminal acetylenes is 1. The van der Waals surface area contributed by atoms with Crippen LogP contribution in [-0.4, -0.2) is 107 Å². The van der Waals surface area contributed by atoms with Gasteiger partial charge in [0.1, 0.15) is 39.6 Å². The summed E-state index contributed by atoms with van der Waals surface area (Å²) in [6.45, 7) is 6.84. The van der Waals surface area contributed by atoms with E-state index in [1.165, 1.54) is 31.4 Å². The number of hydrogen-bond acceptors (Lipinski definition) is 11. The fourth-order valence-electron chi connectivity index (χ4n) is 9.52. The number of aromatic hydroxyl groups is 1. The fourth-order valence-corrected chi connectivity index (χ4v) is 9.52. The molecule has 11 nitrogen and oxygen atoms in total. The maximum Gasteiger partial charge on any atom is 0.319 e. The lowest BCUT2D eigenvalue weighted by Gasteiger charge is -2.50. The fraction of sp³-hybridized carbons (Fsp3) is 0.537. The van der Waals surface area contributed by atoms with Gasteiger partial charge in [0, 0.05) is 41.6 Å². The number of ether oxygens (including phenoxy) is 4. The quantitative estimate of drug-likeness (QED) is 0.217. The second-order valence-electron chi connectivity index (χ2n) is 15.7. The minimum Gasteiger partial charge on any atom is -0.508 e. The standard InChI is InChI=1S/C41H47F2N5O6/c1-5-28-30(42)10-9-25-19-27(49)20-29(32(25)28)35-34(43)36-33(38(44-35)51-4)37(47-15-17-52-22-40(3,50)21-47)46-39(45-36)54-23-41-12-6-8-31(41)48(14-7-13-41)26-11-16-53-24(2)18-26/h1,9-10,19-20,24,26,31,49-50H,6-8,11-18,21-23H2,2-4H3/t24-,26?,31+,40-,41+/m0/s1. The summed E-state index contributed by atoms with van der Waals surface area (Å²) in [4.78, 5) is 18.7. The molecule has 0 amide bonds. The van der Waals surface area contributed by atoms with E-state index in [1.807, 2.05) is 4.90 Å². The van der Waals surface area contributed by atoms with E-state index < -0.39 is 17.2 Å². The highest BCUT2D eigenvalue weighted by atomic mass is 19.1. The van der Waals surface area contributed by atoms with Crippen molar-refractivity contribution in [3.05, 3.63) is 41.5 Å². The van der Waals surface area contributed by atoms with Crippen molar-refractivity contribution in [1.82, 2.24) is 19.9 Å². The number of anilines is 1. The zero-order valence-corrected chi connectivity index (χ0v) is 31.0. The van der Waals surface area contributed by atoms with Crippen LogP contribution in [0.5, 0.6) is 17.6 Å². The van der Waals surface area contributed by atoms with E-state index in [0.717, 1.165) is 58.1 Å². The number of fused-ring (bicyclic) bond motifs is 3. The lowest BCUT2D eigenvalue weighted by molar-refractivity contribution is -0.0701. The third-order valence-electron chi connectivity index (χ3n) is 11.9. The summed E-state index contributed by atoms with van der Waals surface area (Å²) in [7, 11) is 1.40. The summed E-state index contributed by atoms with van der Waals surface area (Å²) in [6, 6.07) is 6.19. The molecule has 2 N–H and O–H groups in total. The van der Waals surface area contributed by atoms with E-state index in [2.05, 4.69) is 22.7 Å². The summed E-state index contributed by atoms with van der Waals surface area (Å²) < 4.78 is 56.4. The zero-order valence-electron chi connectivity index (χ0n) is 31.0. The Morgan fingerprint density at radius 1 is 1.07 bits per heavy atom. The molecule has 2 aromatic heterocycles. The molecule has 4 aliphatic rings. The smallest absolute Gasteiger partial charge is 0.319 e. The van der Waals surface area contributed by atoms with Crippen LogP contribution < -0.4 is 14.4 Å². The highest BCUT2D eigenvalue weighted by molar-refractivity contribution is 6.04. The Morgan fingerprint density at radius 3 is 2.70 bits per heavy atom. The van der Waals surface area contributed by atoms with Gasteiger partial charge in [0.2, 0.25) is 5.88 Å². The van der Waals surface area contributed by atoms with Crippen LogP contribution in [-0.2, 0) is 9.47 Å². The van der Waals surface area contributed by atoms with Crippen molar-refractivity contribution in [3.63, 3.8) is 0 Å². The minimum atomic E-state index is -1.24. The molecule has 1 aliphatic carbocycles. The number of phenols is 1.